The van der Waals surface area contributed by atoms with Crippen molar-refractivity contribution in [1.29, 1.82) is 0 Å². The minimum absolute atomic E-state index is 0. The quantitative estimate of drug-likeness (QED) is 0.0684. The van der Waals surface area contributed by atoms with E-state index in [1.807, 2.05) is 54.1 Å². The summed E-state index contributed by atoms with van der Waals surface area (Å²) in [5, 5.41) is 2.10. The zero-order valence-electron chi connectivity index (χ0n) is 50.7. The highest BCUT2D eigenvalue weighted by Gasteiger charge is 2.29. The van der Waals surface area contributed by atoms with Gasteiger partial charge in [-0.05, 0) is 109 Å². The molecular formula is C73H128N6O4S2+6. The summed E-state index contributed by atoms with van der Waals surface area (Å²) in [6.45, 7) is 33.8. The summed E-state index contributed by atoms with van der Waals surface area (Å²) in [5.41, 5.74) is 7.59. The van der Waals surface area contributed by atoms with Crippen molar-refractivity contribution in [3.8, 4) is 0 Å². The number of quaternary nitrogens is 1. The summed E-state index contributed by atoms with van der Waals surface area (Å²) in [6, 6.07) is 17.6. The Morgan fingerprint density at radius 2 is 0.918 bits per heavy atom. The Hall–Kier alpha value is -5.04. The van der Waals surface area contributed by atoms with Gasteiger partial charge in [0, 0.05) is 35.8 Å². The molecular weight excluding hydrogens is 1090 g/mol. The van der Waals surface area contributed by atoms with E-state index in [2.05, 4.69) is 179 Å². The SMILES string of the molecule is C.C.C.C.C.C.CC(C)C1CCC(C[n+]2ccoc2)C1.CC(C)C1CCC(C[n+]2ccoc2)CC1.CC(C)CC[NH+]1C=CCS1.CC(C)CC[n+]1ccoc1.CC(C)c1ccc(C[n+]2ccoc2)cc1.CC(C)c1ccc(C[n+]2ccsc2)cc1. The monoisotopic (exact) mass is 1220 g/mol. The largest absolute Gasteiger partial charge is 0.412 e. The number of nitrogens with zero attached hydrogens (tertiary/aromatic N) is 5. The molecule has 5 aromatic heterocycles. The Morgan fingerprint density at radius 1 is 0.482 bits per heavy atom. The van der Waals surface area contributed by atoms with E-state index in [1.165, 1.54) is 92.3 Å². The average Bonchev–Trinajstić information content (AvgIpc) is 4.31. The fourth-order valence-corrected chi connectivity index (χ4v) is 11.6. The maximum absolute atomic E-state index is 5.08. The zero-order chi connectivity index (χ0) is 56.8. The number of hydrogen-bond acceptors (Lipinski definition) is 6. The summed E-state index contributed by atoms with van der Waals surface area (Å²) in [7, 11) is 0. The normalized spacial score (nSPS) is 17.3. The maximum atomic E-state index is 5.08. The van der Waals surface area contributed by atoms with Crippen molar-refractivity contribution in [3.63, 3.8) is 0 Å². The Balaban J connectivity index is 0. The molecule has 1 aliphatic heterocycles. The summed E-state index contributed by atoms with van der Waals surface area (Å²) in [4.78, 5) is 0. The van der Waals surface area contributed by atoms with Crippen LogP contribution in [0.25, 0.3) is 0 Å². The Bertz CT molecular complexity index is 2450. The minimum Gasteiger partial charge on any atom is -0.412 e. The van der Waals surface area contributed by atoms with Crippen LogP contribution in [0.3, 0.4) is 0 Å². The number of aromatic nitrogens is 5. The molecule has 0 bridgehead atoms. The first kappa shape index (κ1) is 82.0. The van der Waals surface area contributed by atoms with Crippen LogP contribution in [0.15, 0.2) is 171 Å². The number of benzene rings is 2. The first-order valence-corrected chi connectivity index (χ1v) is 31.9. The van der Waals surface area contributed by atoms with E-state index in [0.29, 0.717) is 11.8 Å². The van der Waals surface area contributed by atoms with Crippen molar-refractivity contribution in [3.05, 3.63) is 176 Å². The van der Waals surface area contributed by atoms with E-state index in [0.717, 1.165) is 80.1 Å². The molecule has 1 N–H and O–H groups in total. The Labute approximate surface area is 530 Å². The van der Waals surface area contributed by atoms with Crippen molar-refractivity contribution in [1.82, 2.24) is 0 Å². The van der Waals surface area contributed by atoms with Crippen molar-refractivity contribution in [2.24, 2.45) is 47.3 Å². The zero-order valence-corrected chi connectivity index (χ0v) is 52.3. The maximum Gasteiger partial charge on any atom is 0.334 e. The van der Waals surface area contributed by atoms with Gasteiger partial charge in [0.1, 0.15) is 6.20 Å². The van der Waals surface area contributed by atoms with E-state index >= 15 is 0 Å². The Kier molecular flexibility index (Phi) is 44.5. The predicted molar refractivity (Wildman–Crippen MR) is 362 cm³/mol. The summed E-state index contributed by atoms with van der Waals surface area (Å²) in [6.07, 6.45) is 40.9. The molecule has 10 rings (SSSR count). The first-order valence-electron chi connectivity index (χ1n) is 30.0. The van der Waals surface area contributed by atoms with Crippen LogP contribution in [0.2, 0.25) is 0 Å². The number of rotatable bonds is 18. The van der Waals surface area contributed by atoms with Gasteiger partial charge in [0.2, 0.25) is 30.3 Å². The van der Waals surface area contributed by atoms with E-state index in [9.17, 15) is 0 Å². The first-order chi connectivity index (χ1) is 38.1. The standard InChI is InChI=1S/C13H22NO.C13H16NO.C13H16NS.C12H20NO.C8H14NO.C8H15NS.6CH4/c3*1-11(2)13-5-3-12(4-6-13)9-14-7-8-15-10-14;1-10(2)12-4-3-11(7-12)8-13-5-6-14-9-13;1-8(2)3-4-9-5-6-10-7-9;1-8(2)4-6-9-5-3-7-10-9;;;;;;/h7-8,10-13H,3-6,9H2,1-2H3;2*3-8,10-11H,9H2,1-2H3;5-6,9-12H,3-4,7-8H2,1-2H3;5-8H,3-4H2,1-2H3;3,5,8H,4,6-7H2,1-2H3;6*1H4/q5*+1;;;;;;;/p+1. The molecule has 2 saturated carbocycles. The van der Waals surface area contributed by atoms with Crippen molar-refractivity contribution in [2.75, 3.05) is 12.3 Å². The molecule has 12 heteroatoms. The summed E-state index contributed by atoms with van der Waals surface area (Å²) < 4.78 is 32.2. The third-order valence-electron chi connectivity index (χ3n) is 15.6. The van der Waals surface area contributed by atoms with Gasteiger partial charge in [-0.25, -0.2) is 4.31 Å². The molecule has 2 aromatic carbocycles. The molecule has 3 atom stereocenters. The van der Waals surface area contributed by atoms with Gasteiger partial charge in [0.15, 0.2) is 64.0 Å². The highest BCUT2D eigenvalue weighted by Crippen LogP contribution is 2.36. The van der Waals surface area contributed by atoms with E-state index in [4.69, 9.17) is 17.7 Å². The molecule has 480 valence electrons. The van der Waals surface area contributed by atoms with Gasteiger partial charge in [0.05, 0.1) is 29.6 Å². The van der Waals surface area contributed by atoms with Crippen molar-refractivity contribution in [2.45, 2.75) is 230 Å². The average molecular weight is 1220 g/mol. The molecule has 7 aromatic rings. The van der Waals surface area contributed by atoms with Crippen molar-refractivity contribution >= 4 is 23.3 Å². The molecule has 2 fully saturated rings. The Morgan fingerprint density at radius 3 is 1.31 bits per heavy atom. The summed E-state index contributed by atoms with van der Waals surface area (Å²) >= 11 is 3.72. The van der Waals surface area contributed by atoms with Crippen LogP contribution in [0.4, 0.5) is 0 Å². The van der Waals surface area contributed by atoms with E-state index in [-0.39, 0.29) is 44.6 Å². The molecule has 0 radical (unpaired) electrons. The molecule has 0 amide bonds. The van der Waals surface area contributed by atoms with Crippen LogP contribution in [0, 0.1) is 47.3 Å². The van der Waals surface area contributed by atoms with Gasteiger partial charge in [-0.3, -0.25) is 0 Å². The summed E-state index contributed by atoms with van der Waals surface area (Å²) in [5.74, 6) is 9.41. The second kappa shape index (κ2) is 46.2. The number of hydrogen-bond donors (Lipinski definition) is 1. The van der Waals surface area contributed by atoms with Crippen LogP contribution < -0.4 is 27.1 Å². The van der Waals surface area contributed by atoms with Gasteiger partial charge in [-0.2, -0.15) is 22.8 Å². The number of thiazole rings is 1. The molecule has 85 heavy (non-hydrogen) atoms. The lowest BCUT2D eigenvalue weighted by atomic mass is 9.77. The molecule has 3 aliphatic rings. The molecule has 0 spiro atoms. The number of nitrogens with one attached hydrogen (secondary N) is 1. The van der Waals surface area contributed by atoms with Crippen LogP contribution in [-0.4, -0.2) is 12.3 Å². The lowest BCUT2D eigenvalue weighted by molar-refractivity contribution is -0.706. The molecule has 10 nitrogen and oxygen atoms in total. The molecule has 2 aliphatic carbocycles. The number of aryl methyl sites for hydroxylation is 1. The van der Waals surface area contributed by atoms with Gasteiger partial charge in [-0.1, -0.05) is 188 Å². The highest BCUT2D eigenvalue weighted by molar-refractivity contribution is 7.93. The lowest BCUT2D eigenvalue weighted by Crippen LogP contribution is -2.99. The van der Waals surface area contributed by atoms with Crippen LogP contribution >= 0.6 is 23.3 Å². The third kappa shape index (κ3) is 33.6. The molecule has 3 unspecified atom stereocenters. The van der Waals surface area contributed by atoms with Crippen molar-refractivity contribution < 1.29 is 44.8 Å². The fraction of sp³-hybridized carbons (Fsp3) is 0.603. The molecule has 0 saturated heterocycles. The van der Waals surface area contributed by atoms with E-state index in [1.54, 1.807) is 53.5 Å². The van der Waals surface area contributed by atoms with E-state index < -0.39 is 0 Å². The minimum atomic E-state index is 0. The second-order valence-corrected chi connectivity index (χ2v) is 26.3. The predicted octanol–water partition coefficient (Wildman–Crippen LogP) is 18.1. The van der Waals surface area contributed by atoms with Gasteiger partial charge < -0.3 is 17.7 Å². The topological polar surface area (TPSA) is 76.4 Å². The highest BCUT2D eigenvalue weighted by atomic mass is 32.2. The molecule has 6 heterocycles. The fourth-order valence-electron chi connectivity index (χ4n) is 10.2. The third-order valence-corrected chi connectivity index (χ3v) is 17.3. The van der Waals surface area contributed by atoms with Crippen LogP contribution in [0.5, 0.6) is 0 Å². The van der Waals surface area contributed by atoms with Gasteiger partial charge in [-0.15, -0.1) is 0 Å². The smallest absolute Gasteiger partial charge is 0.334 e. The number of oxazole rings is 4. The van der Waals surface area contributed by atoms with Crippen LogP contribution in [0.1, 0.15) is 220 Å². The lowest BCUT2D eigenvalue weighted by Gasteiger charge is -2.29. The van der Waals surface area contributed by atoms with Crippen LogP contribution in [-0.2, 0) is 32.7 Å². The van der Waals surface area contributed by atoms with Gasteiger partial charge >= 0.3 is 25.6 Å². The second-order valence-electron chi connectivity index (χ2n) is 24.4. The van der Waals surface area contributed by atoms with Gasteiger partial charge in [0.25, 0.3) is 0 Å².